The molecular weight excluding hydrogens is 288 g/mol. The van der Waals surface area contributed by atoms with E-state index < -0.39 is 0 Å². The molecule has 2 N–H and O–H groups in total. The molecule has 23 heavy (non-hydrogen) atoms. The zero-order valence-electron chi connectivity index (χ0n) is 14.3. The molecule has 2 atom stereocenters. The summed E-state index contributed by atoms with van der Waals surface area (Å²) in [7, 11) is 1.70. The van der Waals surface area contributed by atoms with E-state index in [1.54, 1.807) is 7.11 Å². The van der Waals surface area contributed by atoms with Crippen molar-refractivity contribution in [1.29, 1.82) is 0 Å². The summed E-state index contributed by atoms with van der Waals surface area (Å²) in [6, 6.07) is 6.20. The Balaban J connectivity index is 1.60. The molecule has 1 aromatic carbocycles. The van der Waals surface area contributed by atoms with Crippen molar-refractivity contribution in [3.8, 4) is 5.75 Å². The molecule has 1 aliphatic carbocycles. The van der Waals surface area contributed by atoms with Crippen molar-refractivity contribution in [2.45, 2.75) is 39.0 Å². The first kappa shape index (κ1) is 16.3. The lowest BCUT2D eigenvalue weighted by atomic mass is 9.67. The highest BCUT2D eigenvalue weighted by atomic mass is 16.5. The summed E-state index contributed by atoms with van der Waals surface area (Å²) >= 11 is 0. The van der Waals surface area contributed by atoms with Crippen LogP contribution in [0.2, 0.25) is 0 Å². The third-order valence-electron chi connectivity index (χ3n) is 5.61. The first-order valence-corrected chi connectivity index (χ1v) is 8.78. The number of amides is 1. The van der Waals surface area contributed by atoms with Gasteiger partial charge in [0.15, 0.2) is 0 Å². The number of aryl methyl sites for hydroxylation is 1. The summed E-state index contributed by atoms with van der Waals surface area (Å²) in [5.41, 5.74) is 2.22. The molecule has 1 saturated carbocycles. The molecule has 0 aromatic heterocycles. The van der Waals surface area contributed by atoms with Crippen LogP contribution in [0.1, 0.15) is 36.8 Å². The monoisotopic (exact) mass is 316 g/mol. The summed E-state index contributed by atoms with van der Waals surface area (Å²) < 4.78 is 5.42. The van der Waals surface area contributed by atoms with E-state index in [1.165, 1.54) is 24.8 Å². The summed E-state index contributed by atoms with van der Waals surface area (Å²) in [5, 5.41) is 6.64. The predicted octanol–water partition coefficient (Wildman–Crippen LogP) is 2.44. The Bertz CT molecular complexity index is 572. The van der Waals surface area contributed by atoms with Crippen molar-refractivity contribution in [2.75, 3.05) is 26.7 Å². The summed E-state index contributed by atoms with van der Waals surface area (Å²) in [6.45, 7) is 4.60. The van der Waals surface area contributed by atoms with Gasteiger partial charge in [0.25, 0.3) is 0 Å². The van der Waals surface area contributed by atoms with Crippen LogP contribution in [0.5, 0.6) is 5.75 Å². The van der Waals surface area contributed by atoms with E-state index >= 15 is 0 Å². The van der Waals surface area contributed by atoms with E-state index in [1.807, 2.05) is 6.07 Å². The van der Waals surface area contributed by atoms with Crippen molar-refractivity contribution in [3.63, 3.8) is 0 Å². The molecule has 0 unspecified atom stereocenters. The van der Waals surface area contributed by atoms with Crippen molar-refractivity contribution < 1.29 is 9.53 Å². The molecule has 4 nitrogen and oxygen atoms in total. The molecule has 1 aromatic rings. The predicted molar refractivity (Wildman–Crippen MR) is 91.7 cm³/mol. The summed E-state index contributed by atoms with van der Waals surface area (Å²) in [4.78, 5) is 12.8. The normalized spacial score (nSPS) is 26.6. The van der Waals surface area contributed by atoms with Crippen LogP contribution in [0.25, 0.3) is 0 Å². The Labute approximate surface area is 139 Å². The van der Waals surface area contributed by atoms with Gasteiger partial charge in [0.2, 0.25) is 5.91 Å². The second-order valence-electron chi connectivity index (χ2n) is 7.05. The minimum absolute atomic E-state index is 0.158. The van der Waals surface area contributed by atoms with Crippen LogP contribution in [0.4, 0.5) is 0 Å². The lowest BCUT2D eigenvalue weighted by Crippen LogP contribution is -2.48. The fourth-order valence-corrected chi connectivity index (χ4v) is 4.28. The Morgan fingerprint density at radius 2 is 2.30 bits per heavy atom. The Morgan fingerprint density at radius 3 is 3.13 bits per heavy atom. The maximum absolute atomic E-state index is 12.8. The van der Waals surface area contributed by atoms with Crippen LogP contribution in [0.15, 0.2) is 18.2 Å². The smallest absolute Gasteiger partial charge is 0.227 e. The molecule has 0 radical (unpaired) electrons. The maximum Gasteiger partial charge on any atom is 0.227 e. The molecule has 4 heteroatoms. The molecule has 1 saturated heterocycles. The molecule has 2 fully saturated rings. The van der Waals surface area contributed by atoms with E-state index in [9.17, 15) is 4.79 Å². The molecule has 126 valence electrons. The van der Waals surface area contributed by atoms with Gasteiger partial charge in [0, 0.05) is 13.1 Å². The molecule has 3 rings (SSSR count). The van der Waals surface area contributed by atoms with Gasteiger partial charge in [-0.05, 0) is 50.3 Å². The number of ether oxygens (including phenoxy) is 1. The van der Waals surface area contributed by atoms with E-state index in [0.29, 0.717) is 12.5 Å². The zero-order chi connectivity index (χ0) is 16.3. The van der Waals surface area contributed by atoms with Gasteiger partial charge in [-0.1, -0.05) is 30.5 Å². The van der Waals surface area contributed by atoms with E-state index in [4.69, 9.17) is 4.74 Å². The van der Waals surface area contributed by atoms with Gasteiger partial charge in [-0.3, -0.25) is 4.79 Å². The first-order valence-electron chi connectivity index (χ1n) is 8.78. The lowest BCUT2D eigenvalue weighted by molar-refractivity contribution is -0.133. The molecule has 0 bridgehead atoms. The zero-order valence-corrected chi connectivity index (χ0v) is 14.3. The lowest BCUT2D eigenvalue weighted by Gasteiger charge is -2.37. The number of rotatable bonds is 5. The number of hydrogen-bond donors (Lipinski definition) is 2. The van der Waals surface area contributed by atoms with Gasteiger partial charge in [-0.15, -0.1) is 0 Å². The average molecular weight is 316 g/mol. The molecule has 2 aliphatic rings. The summed E-state index contributed by atoms with van der Waals surface area (Å²) in [5.74, 6) is 1.67. The number of carbonyl (C=O) groups excluding carboxylic acids is 1. The number of carbonyl (C=O) groups is 1. The van der Waals surface area contributed by atoms with Crippen molar-refractivity contribution in [1.82, 2.24) is 10.6 Å². The highest BCUT2D eigenvalue weighted by Gasteiger charge is 2.49. The standard InChI is InChI=1S/C19H28N2O2/c1-14-6-7-17(23-2)15(11-14)8-10-21-18(22)19-9-4-3-5-16(19)12-20-13-19/h6-7,11,16,20H,3-5,8-10,12-13H2,1-2H3,(H,21,22)/t16-,19+/m0/s1. The van der Waals surface area contributed by atoms with Gasteiger partial charge in [-0.2, -0.15) is 0 Å². The second kappa shape index (κ2) is 6.91. The minimum atomic E-state index is -0.158. The molecule has 0 spiro atoms. The number of methoxy groups -OCH3 is 1. The Morgan fingerprint density at radius 1 is 1.43 bits per heavy atom. The first-order chi connectivity index (χ1) is 11.2. The van der Waals surface area contributed by atoms with E-state index in [0.717, 1.165) is 37.2 Å². The third-order valence-corrected chi connectivity index (χ3v) is 5.61. The van der Waals surface area contributed by atoms with Crippen LogP contribution in [-0.4, -0.2) is 32.7 Å². The van der Waals surface area contributed by atoms with Crippen molar-refractivity contribution in [3.05, 3.63) is 29.3 Å². The quantitative estimate of drug-likeness (QED) is 0.877. The number of nitrogens with one attached hydrogen (secondary N) is 2. The molecule has 1 aliphatic heterocycles. The van der Waals surface area contributed by atoms with Crippen LogP contribution < -0.4 is 15.4 Å². The van der Waals surface area contributed by atoms with Crippen LogP contribution in [0, 0.1) is 18.3 Å². The van der Waals surface area contributed by atoms with Crippen molar-refractivity contribution >= 4 is 5.91 Å². The van der Waals surface area contributed by atoms with Crippen LogP contribution in [-0.2, 0) is 11.2 Å². The van der Waals surface area contributed by atoms with Gasteiger partial charge in [0.1, 0.15) is 5.75 Å². The Hall–Kier alpha value is -1.55. The summed E-state index contributed by atoms with van der Waals surface area (Å²) in [6.07, 6.45) is 5.47. The number of benzene rings is 1. The van der Waals surface area contributed by atoms with Gasteiger partial charge >= 0.3 is 0 Å². The highest BCUT2D eigenvalue weighted by Crippen LogP contribution is 2.43. The van der Waals surface area contributed by atoms with Crippen LogP contribution in [0.3, 0.4) is 0 Å². The maximum atomic E-state index is 12.8. The fraction of sp³-hybridized carbons (Fsp3) is 0.632. The number of fused-ring (bicyclic) bond motifs is 1. The number of hydrogen-bond acceptors (Lipinski definition) is 3. The van der Waals surface area contributed by atoms with E-state index in [2.05, 4.69) is 29.7 Å². The van der Waals surface area contributed by atoms with Gasteiger partial charge < -0.3 is 15.4 Å². The highest BCUT2D eigenvalue weighted by molar-refractivity contribution is 5.83. The SMILES string of the molecule is COc1ccc(C)cc1CCNC(=O)[C@@]12CCCC[C@H]1CNC2. The largest absolute Gasteiger partial charge is 0.496 e. The Kier molecular flexibility index (Phi) is 4.90. The van der Waals surface area contributed by atoms with Crippen LogP contribution >= 0.6 is 0 Å². The van der Waals surface area contributed by atoms with Gasteiger partial charge in [-0.25, -0.2) is 0 Å². The third kappa shape index (κ3) is 3.23. The topological polar surface area (TPSA) is 50.4 Å². The molecule has 1 amide bonds. The molecular formula is C19H28N2O2. The second-order valence-corrected chi connectivity index (χ2v) is 7.05. The van der Waals surface area contributed by atoms with Crippen molar-refractivity contribution in [2.24, 2.45) is 11.3 Å². The fourth-order valence-electron chi connectivity index (χ4n) is 4.28. The minimum Gasteiger partial charge on any atom is -0.496 e. The van der Waals surface area contributed by atoms with E-state index in [-0.39, 0.29) is 11.3 Å². The molecule has 1 heterocycles. The average Bonchev–Trinajstić information content (AvgIpc) is 3.00. The van der Waals surface area contributed by atoms with Gasteiger partial charge in [0.05, 0.1) is 12.5 Å².